The van der Waals surface area contributed by atoms with Crippen molar-refractivity contribution >= 4 is 16.9 Å². The summed E-state index contributed by atoms with van der Waals surface area (Å²) in [5.74, 6) is 0.350. The zero-order valence-electron chi connectivity index (χ0n) is 12.3. The lowest BCUT2D eigenvalue weighted by molar-refractivity contribution is -0.132. The van der Waals surface area contributed by atoms with E-state index in [2.05, 4.69) is 0 Å². The standard InChI is InChI=1S/C17H21NO3/c1-12-4-5-15-14(11-21-16(15)7-12)8-17(20)18-6-2-3-13(9-18)10-19/h4-5,7,11,13,19H,2-3,6,8-10H2,1H3. The summed E-state index contributed by atoms with van der Waals surface area (Å²) in [4.78, 5) is 14.3. The molecule has 1 atom stereocenters. The predicted octanol–water partition coefficient (Wildman–Crippen LogP) is 2.51. The van der Waals surface area contributed by atoms with E-state index in [1.807, 2.05) is 30.0 Å². The number of fused-ring (bicyclic) bond motifs is 1. The molecule has 21 heavy (non-hydrogen) atoms. The smallest absolute Gasteiger partial charge is 0.227 e. The average molecular weight is 287 g/mol. The van der Waals surface area contributed by atoms with Crippen molar-refractivity contribution < 1.29 is 14.3 Å². The van der Waals surface area contributed by atoms with Crippen LogP contribution in [0.3, 0.4) is 0 Å². The fourth-order valence-corrected chi connectivity index (χ4v) is 3.04. The van der Waals surface area contributed by atoms with Crippen molar-refractivity contribution in [3.05, 3.63) is 35.6 Å². The second-order valence-electron chi connectivity index (χ2n) is 5.97. The monoisotopic (exact) mass is 287 g/mol. The molecule has 1 amide bonds. The molecule has 0 aliphatic carbocycles. The maximum Gasteiger partial charge on any atom is 0.227 e. The van der Waals surface area contributed by atoms with Crippen molar-refractivity contribution in [2.45, 2.75) is 26.2 Å². The van der Waals surface area contributed by atoms with Gasteiger partial charge in [0, 0.05) is 30.6 Å². The minimum absolute atomic E-state index is 0.122. The summed E-state index contributed by atoms with van der Waals surface area (Å²) in [5, 5.41) is 10.3. The van der Waals surface area contributed by atoms with Gasteiger partial charge < -0.3 is 14.4 Å². The number of aryl methyl sites for hydroxylation is 1. The molecule has 2 heterocycles. The number of piperidine rings is 1. The second-order valence-corrected chi connectivity index (χ2v) is 5.97. The molecule has 0 spiro atoms. The number of benzene rings is 1. The Morgan fingerprint density at radius 3 is 3.14 bits per heavy atom. The maximum atomic E-state index is 12.4. The SMILES string of the molecule is Cc1ccc2c(CC(=O)N3CCCC(CO)C3)coc2c1. The molecule has 4 heteroatoms. The van der Waals surface area contributed by atoms with Crippen molar-refractivity contribution in [1.29, 1.82) is 0 Å². The van der Waals surface area contributed by atoms with Gasteiger partial charge in [0.05, 0.1) is 12.7 Å². The summed E-state index contributed by atoms with van der Waals surface area (Å²) >= 11 is 0. The number of carbonyl (C=O) groups excluding carboxylic acids is 1. The van der Waals surface area contributed by atoms with E-state index >= 15 is 0 Å². The number of aliphatic hydroxyl groups excluding tert-OH is 1. The summed E-state index contributed by atoms with van der Waals surface area (Å²) in [6.45, 7) is 3.65. The van der Waals surface area contributed by atoms with Crippen LogP contribution in [0, 0.1) is 12.8 Å². The van der Waals surface area contributed by atoms with Crippen LogP contribution in [0.5, 0.6) is 0 Å². The first-order chi connectivity index (χ1) is 10.2. The van der Waals surface area contributed by atoms with E-state index in [0.29, 0.717) is 13.0 Å². The van der Waals surface area contributed by atoms with Gasteiger partial charge in [0.25, 0.3) is 0 Å². The highest BCUT2D eigenvalue weighted by atomic mass is 16.3. The highest BCUT2D eigenvalue weighted by molar-refractivity contribution is 5.88. The van der Waals surface area contributed by atoms with Gasteiger partial charge in [-0.1, -0.05) is 12.1 Å². The fourth-order valence-electron chi connectivity index (χ4n) is 3.04. The number of furan rings is 1. The molecule has 2 aromatic rings. The van der Waals surface area contributed by atoms with Crippen molar-refractivity contribution in [2.75, 3.05) is 19.7 Å². The van der Waals surface area contributed by atoms with E-state index in [1.54, 1.807) is 6.26 Å². The molecule has 1 aromatic carbocycles. The maximum absolute atomic E-state index is 12.4. The van der Waals surface area contributed by atoms with Gasteiger partial charge in [0.15, 0.2) is 0 Å². The Kier molecular flexibility index (Phi) is 3.97. The first kappa shape index (κ1) is 14.1. The highest BCUT2D eigenvalue weighted by Gasteiger charge is 2.23. The molecule has 0 radical (unpaired) electrons. The van der Waals surface area contributed by atoms with Crippen LogP contribution >= 0.6 is 0 Å². The molecule has 1 aromatic heterocycles. The van der Waals surface area contributed by atoms with Crippen molar-refractivity contribution in [3.63, 3.8) is 0 Å². The van der Waals surface area contributed by atoms with Crippen molar-refractivity contribution in [2.24, 2.45) is 5.92 Å². The van der Waals surface area contributed by atoms with E-state index in [4.69, 9.17) is 4.42 Å². The van der Waals surface area contributed by atoms with Gasteiger partial charge in [0.1, 0.15) is 5.58 Å². The number of nitrogens with zero attached hydrogens (tertiary/aromatic N) is 1. The minimum atomic E-state index is 0.122. The minimum Gasteiger partial charge on any atom is -0.464 e. The largest absolute Gasteiger partial charge is 0.464 e. The van der Waals surface area contributed by atoms with E-state index in [9.17, 15) is 9.90 Å². The molecule has 1 aliphatic heterocycles. The zero-order valence-corrected chi connectivity index (χ0v) is 12.3. The predicted molar refractivity (Wildman–Crippen MR) is 81.0 cm³/mol. The van der Waals surface area contributed by atoms with Gasteiger partial charge in [-0.25, -0.2) is 0 Å². The fraction of sp³-hybridized carbons (Fsp3) is 0.471. The summed E-state index contributed by atoms with van der Waals surface area (Å²) < 4.78 is 5.55. The molecule has 1 aliphatic rings. The van der Waals surface area contributed by atoms with Crippen LogP contribution < -0.4 is 0 Å². The van der Waals surface area contributed by atoms with Crippen LogP contribution in [-0.4, -0.2) is 35.6 Å². The lowest BCUT2D eigenvalue weighted by Crippen LogP contribution is -2.41. The van der Waals surface area contributed by atoms with Crippen LogP contribution in [0.2, 0.25) is 0 Å². The lowest BCUT2D eigenvalue weighted by atomic mass is 9.98. The average Bonchev–Trinajstić information content (AvgIpc) is 2.89. The summed E-state index contributed by atoms with van der Waals surface area (Å²) in [5.41, 5.74) is 2.93. The number of rotatable bonds is 3. The van der Waals surface area contributed by atoms with E-state index < -0.39 is 0 Å². The molecule has 0 saturated carbocycles. The van der Waals surface area contributed by atoms with Gasteiger partial charge in [-0.15, -0.1) is 0 Å². The van der Waals surface area contributed by atoms with Gasteiger partial charge >= 0.3 is 0 Å². The Labute approximate surface area is 124 Å². The lowest BCUT2D eigenvalue weighted by Gasteiger charge is -2.31. The van der Waals surface area contributed by atoms with Crippen LogP contribution in [-0.2, 0) is 11.2 Å². The van der Waals surface area contributed by atoms with Crippen LogP contribution in [0.25, 0.3) is 11.0 Å². The topological polar surface area (TPSA) is 53.7 Å². The third-order valence-electron chi connectivity index (χ3n) is 4.28. The third-order valence-corrected chi connectivity index (χ3v) is 4.28. The normalized spacial score (nSPS) is 19.1. The Hall–Kier alpha value is -1.81. The van der Waals surface area contributed by atoms with E-state index in [-0.39, 0.29) is 18.4 Å². The van der Waals surface area contributed by atoms with Crippen LogP contribution in [0.15, 0.2) is 28.9 Å². The zero-order chi connectivity index (χ0) is 14.8. The molecular weight excluding hydrogens is 266 g/mol. The molecular formula is C17H21NO3. The second kappa shape index (κ2) is 5.90. The molecule has 0 bridgehead atoms. The van der Waals surface area contributed by atoms with Crippen LogP contribution in [0.1, 0.15) is 24.0 Å². The molecule has 3 rings (SSSR count). The Balaban J connectivity index is 1.74. The highest BCUT2D eigenvalue weighted by Crippen LogP contribution is 2.24. The van der Waals surface area contributed by atoms with Gasteiger partial charge in [0.2, 0.25) is 5.91 Å². The van der Waals surface area contributed by atoms with Crippen molar-refractivity contribution in [1.82, 2.24) is 4.90 Å². The Morgan fingerprint density at radius 1 is 1.48 bits per heavy atom. The van der Waals surface area contributed by atoms with Gasteiger partial charge in [-0.05, 0) is 37.3 Å². The van der Waals surface area contributed by atoms with Gasteiger partial charge in [-0.2, -0.15) is 0 Å². The number of likely N-dealkylation sites (tertiary alicyclic amines) is 1. The Bertz CT molecular complexity index is 647. The first-order valence-electron chi connectivity index (χ1n) is 7.52. The molecule has 112 valence electrons. The quantitative estimate of drug-likeness (QED) is 0.943. The van der Waals surface area contributed by atoms with Gasteiger partial charge in [-0.3, -0.25) is 4.79 Å². The first-order valence-corrected chi connectivity index (χ1v) is 7.52. The van der Waals surface area contributed by atoms with Crippen LogP contribution in [0.4, 0.5) is 0 Å². The van der Waals surface area contributed by atoms with E-state index in [0.717, 1.165) is 41.5 Å². The molecule has 1 N–H and O–H groups in total. The molecule has 1 fully saturated rings. The molecule has 1 unspecified atom stereocenters. The molecule has 1 saturated heterocycles. The number of hydrogen-bond donors (Lipinski definition) is 1. The summed E-state index contributed by atoms with van der Waals surface area (Å²) in [6, 6.07) is 6.05. The number of carbonyl (C=O) groups is 1. The number of hydrogen-bond acceptors (Lipinski definition) is 3. The summed E-state index contributed by atoms with van der Waals surface area (Å²) in [7, 11) is 0. The Morgan fingerprint density at radius 2 is 2.33 bits per heavy atom. The third kappa shape index (κ3) is 2.95. The summed E-state index contributed by atoms with van der Waals surface area (Å²) in [6.07, 6.45) is 4.04. The van der Waals surface area contributed by atoms with E-state index in [1.165, 1.54) is 0 Å². The van der Waals surface area contributed by atoms with Crippen molar-refractivity contribution in [3.8, 4) is 0 Å². The number of aliphatic hydroxyl groups is 1. The number of amides is 1. The molecule has 4 nitrogen and oxygen atoms in total.